The zero-order valence-electron chi connectivity index (χ0n) is 10.3. The fourth-order valence-corrected chi connectivity index (χ4v) is 1.80. The molecular formula is C14H14N2OS. The third kappa shape index (κ3) is 2.90. The van der Waals surface area contributed by atoms with Crippen molar-refractivity contribution in [2.24, 2.45) is 0 Å². The SMILES string of the molecule is Cc1ccc(NC(=O)c2cc(S)ccc2C)cn1. The van der Waals surface area contributed by atoms with Crippen LogP contribution in [0, 0.1) is 13.8 Å². The molecule has 0 spiro atoms. The number of amides is 1. The van der Waals surface area contributed by atoms with Crippen LogP contribution in [-0.4, -0.2) is 10.9 Å². The number of anilines is 1. The lowest BCUT2D eigenvalue weighted by atomic mass is 10.1. The van der Waals surface area contributed by atoms with E-state index in [2.05, 4.69) is 22.9 Å². The zero-order valence-corrected chi connectivity index (χ0v) is 11.2. The second kappa shape index (κ2) is 5.23. The van der Waals surface area contributed by atoms with Crippen LogP contribution < -0.4 is 5.32 Å². The first kappa shape index (κ1) is 12.6. The summed E-state index contributed by atoms with van der Waals surface area (Å²) in [6.45, 7) is 3.80. The first-order valence-corrected chi connectivity index (χ1v) is 6.04. The van der Waals surface area contributed by atoms with E-state index in [4.69, 9.17) is 0 Å². The van der Waals surface area contributed by atoms with Crippen molar-refractivity contribution in [2.45, 2.75) is 18.7 Å². The van der Waals surface area contributed by atoms with Crippen molar-refractivity contribution in [1.82, 2.24) is 4.98 Å². The molecule has 4 heteroatoms. The third-order valence-electron chi connectivity index (χ3n) is 2.64. The molecule has 0 aliphatic carbocycles. The highest BCUT2D eigenvalue weighted by Crippen LogP contribution is 2.16. The van der Waals surface area contributed by atoms with Crippen LogP contribution >= 0.6 is 12.6 Å². The Morgan fingerprint density at radius 2 is 2.00 bits per heavy atom. The van der Waals surface area contributed by atoms with Crippen LogP contribution in [-0.2, 0) is 0 Å². The number of aryl methyl sites for hydroxylation is 2. The lowest BCUT2D eigenvalue weighted by Gasteiger charge is -2.08. The maximum absolute atomic E-state index is 12.1. The summed E-state index contributed by atoms with van der Waals surface area (Å²) in [5.41, 5.74) is 3.16. The van der Waals surface area contributed by atoms with Crippen LogP contribution in [0.5, 0.6) is 0 Å². The minimum absolute atomic E-state index is 0.144. The van der Waals surface area contributed by atoms with Gasteiger partial charge in [0.05, 0.1) is 11.9 Å². The number of carbonyl (C=O) groups excluding carboxylic acids is 1. The minimum Gasteiger partial charge on any atom is -0.321 e. The van der Waals surface area contributed by atoms with E-state index in [0.29, 0.717) is 11.3 Å². The Hall–Kier alpha value is -1.81. The molecule has 2 rings (SSSR count). The van der Waals surface area contributed by atoms with Gasteiger partial charge in [-0.1, -0.05) is 6.07 Å². The Morgan fingerprint density at radius 1 is 1.22 bits per heavy atom. The molecule has 1 aromatic heterocycles. The topological polar surface area (TPSA) is 42.0 Å². The van der Waals surface area contributed by atoms with Gasteiger partial charge in [0, 0.05) is 16.2 Å². The van der Waals surface area contributed by atoms with E-state index >= 15 is 0 Å². The van der Waals surface area contributed by atoms with Gasteiger partial charge in [0.15, 0.2) is 0 Å². The number of thiol groups is 1. The number of nitrogens with zero attached hydrogens (tertiary/aromatic N) is 1. The molecule has 0 atom stereocenters. The number of hydrogen-bond donors (Lipinski definition) is 2. The Labute approximate surface area is 112 Å². The summed E-state index contributed by atoms with van der Waals surface area (Å²) in [5.74, 6) is -0.144. The molecule has 2 aromatic rings. The van der Waals surface area contributed by atoms with Crippen molar-refractivity contribution in [3.8, 4) is 0 Å². The molecular weight excluding hydrogens is 244 g/mol. The Kier molecular flexibility index (Phi) is 3.67. The van der Waals surface area contributed by atoms with Crippen molar-refractivity contribution in [1.29, 1.82) is 0 Å². The summed E-state index contributed by atoms with van der Waals surface area (Å²) in [4.78, 5) is 17.0. The molecule has 0 saturated heterocycles. The van der Waals surface area contributed by atoms with Crippen LogP contribution in [0.4, 0.5) is 5.69 Å². The summed E-state index contributed by atoms with van der Waals surface area (Å²) in [7, 11) is 0. The van der Waals surface area contributed by atoms with E-state index in [-0.39, 0.29) is 5.91 Å². The molecule has 1 aromatic carbocycles. The number of hydrogen-bond acceptors (Lipinski definition) is 3. The smallest absolute Gasteiger partial charge is 0.256 e. The van der Waals surface area contributed by atoms with Crippen molar-refractivity contribution in [3.05, 3.63) is 53.3 Å². The number of nitrogens with one attached hydrogen (secondary N) is 1. The van der Waals surface area contributed by atoms with Gasteiger partial charge in [-0.15, -0.1) is 12.6 Å². The Morgan fingerprint density at radius 3 is 2.67 bits per heavy atom. The average molecular weight is 258 g/mol. The largest absolute Gasteiger partial charge is 0.321 e. The quantitative estimate of drug-likeness (QED) is 0.812. The van der Waals surface area contributed by atoms with Crippen LogP contribution in [0.25, 0.3) is 0 Å². The fraction of sp³-hybridized carbons (Fsp3) is 0.143. The second-order valence-corrected chi connectivity index (χ2v) is 4.66. The van der Waals surface area contributed by atoms with Gasteiger partial charge in [0.25, 0.3) is 5.91 Å². The first-order valence-electron chi connectivity index (χ1n) is 5.60. The lowest BCUT2D eigenvalue weighted by molar-refractivity contribution is 0.102. The van der Waals surface area contributed by atoms with E-state index < -0.39 is 0 Å². The van der Waals surface area contributed by atoms with Gasteiger partial charge < -0.3 is 5.32 Å². The molecule has 1 N–H and O–H groups in total. The molecule has 1 amide bonds. The molecule has 0 radical (unpaired) electrons. The summed E-state index contributed by atoms with van der Waals surface area (Å²) >= 11 is 4.24. The van der Waals surface area contributed by atoms with Crippen molar-refractivity contribution < 1.29 is 4.79 Å². The molecule has 0 unspecified atom stereocenters. The molecule has 0 fully saturated rings. The second-order valence-electron chi connectivity index (χ2n) is 4.14. The predicted octanol–water partition coefficient (Wildman–Crippen LogP) is 3.24. The maximum Gasteiger partial charge on any atom is 0.256 e. The van der Waals surface area contributed by atoms with Gasteiger partial charge in [-0.2, -0.15) is 0 Å². The predicted molar refractivity (Wildman–Crippen MR) is 75.4 cm³/mol. The fourth-order valence-electron chi connectivity index (χ4n) is 1.59. The molecule has 0 saturated carbocycles. The van der Waals surface area contributed by atoms with Crippen molar-refractivity contribution >= 4 is 24.2 Å². The first-order chi connectivity index (χ1) is 8.56. The van der Waals surface area contributed by atoms with Gasteiger partial charge in [0.1, 0.15) is 0 Å². The van der Waals surface area contributed by atoms with E-state index in [0.717, 1.165) is 16.2 Å². The average Bonchev–Trinajstić information content (AvgIpc) is 2.35. The van der Waals surface area contributed by atoms with E-state index in [1.807, 2.05) is 38.1 Å². The maximum atomic E-state index is 12.1. The number of rotatable bonds is 2. The summed E-state index contributed by atoms with van der Waals surface area (Å²) < 4.78 is 0. The van der Waals surface area contributed by atoms with E-state index in [9.17, 15) is 4.79 Å². The van der Waals surface area contributed by atoms with Crippen LogP contribution in [0.2, 0.25) is 0 Å². The highest BCUT2D eigenvalue weighted by atomic mass is 32.1. The van der Waals surface area contributed by atoms with E-state index in [1.54, 1.807) is 12.3 Å². The van der Waals surface area contributed by atoms with Gasteiger partial charge in [-0.05, 0) is 43.7 Å². The third-order valence-corrected chi connectivity index (χ3v) is 2.91. The summed E-state index contributed by atoms with van der Waals surface area (Å²) in [6.07, 6.45) is 1.65. The van der Waals surface area contributed by atoms with Crippen molar-refractivity contribution in [3.63, 3.8) is 0 Å². The molecule has 18 heavy (non-hydrogen) atoms. The van der Waals surface area contributed by atoms with Crippen LogP contribution in [0.15, 0.2) is 41.4 Å². The van der Waals surface area contributed by atoms with Crippen molar-refractivity contribution in [2.75, 3.05) is 5.32 Å². The lowest BCUT2D eigenvalue weighted by Crippen LogP contribution is -2.13. The zero-order chi connectivity index (χ0) is 13.1. The van der Waals surface area contributed by atoms with Gasteiger partial charge >= 0.3 is 0 Å². The molecule has 3 nitrogen and oxygen atoms in total. The van der Waals surface area contributed by atoms with E-state index in [1.165, 1.54) is 0 Å². The Balaban J connectivity index is 2.21. The summed E-state index contributed by atoms with van der Waals surface area (Å²) in [6, 6.07) is 9.19. The van der Waals surface area contributed by atoms with Gasteiger partial charge in [-0.3, -0.25) is 9.78 Å². The minimum atomic E-state index is -0.144. The molecule has 0 bridgehead atoms. The molecule has 0 aliphatic heterocycles. The number of aromatic nitrogens is 1. The normalized spacial score (nSPS) is 10.2. The number of pyridine rings is 1. The van der Waals surface area contributed by atoms with Gasteiger partial charge in [-0.25, -0.2) is 0 Å². The molecule has 0 aliphatic rings. The van der Waals surface area contributed by atoms with Gasteiger partial charge in [0.2, 0.25) is 0 Å². The van der Waals surface area contributed by atoms with Crippen LogP contribution in [0.1, 0.15) is 21.6 Å². The number of carbonyl (C=O) groups is 1. The Bertz CT molecular complexity index is 579. The highest BCUT2D eigenvalue weighted by molar-refractivity contribution is 7.80. The van der Waals surface area contributed by atoms with Crippen LogP contribution in [0.3, 0.4) is 0 Å². The highest BCUT2D eigenvalue weighted by Gasteiger charge is 2.09. The monoisotopic (exact) mass is 258 g/mol. The summed E-state index contributed by atoms with van der Waals surface area (Å²) in [5, 5.41) is 2.82. The standard InChI is InChI=1S/C14H14N2OS/c1-9-3-6-12(18)7-13(9)14(17)16-11-5-4-10(2)15-8-11/h3-8,18H,1-2H3,(H,16,17). The molecule has 92 valence electrons. The number of benzene rings is 1. The molecule has 1 heterocycles.